The molecule has 0 N–H and O–H groups in total. The fourth-order valence-corrected chi connectivity index (χ4v) is 3.15. The first kappa shape index (κ1) is 19.7. The van der Waals surface area contributed by atoms with E-state index in [2.05, 4.69) is 49.3 Å². The molecule has 0 bridgehead atoms. The van der Waals surface area contributed by atoms with Gasteiger partial charge < -0.3 is 0 Å². The lowest BCUT2D eigenvalue weighted by Gasteiger charge is -2.33. The largest absolute Gasteiger partial charge is 0.281 e. The molecule has 3 heteroatoms. The van der Waals surface area contributed by atoms with Crippen molar-refractivity contribution in [2.75, 3.05) is 26.2 Å². The predicted octanol–water partition coefficient (Wildman–Crippen LogP) is 4.09. The fourth-order valence-electron chi connectivity index (χ4n) is 1.95. The van der Waals surface area contributed by atoms with E-state index in [1.807, 2.05) is 36.5 Å². The Morgan fingerprint density at radius 2 is 0.905 bits per heavy atom. The quantitative estimate of drug-likeness (QED) is 0.352. The van der Waals surface area contributed by atoms with Crippen LogP contribution >= 0.6 is 11.8 Å². The van der Waals surface area contributed by atoms with Gasteiger partial charge in [0.2, 0.25) is 0 Å². The first-order valence-corrected chi connectivity index (χ1v) is 7.94. The third kappa shape index (κ3) is 7.32. The lowest BCUT2D eigenvalue weighted by atomic mass is 10.4. The molecule has 2 unspecified atom stereocenters. The molecule has 0 rings (SSSR count). The van der Waals surface area contributed by atoms with Gasteiger partial charge in [0.1, 0.15) is 0 Å². The first-order valence-electron chi connectivity index (χ1n) is 7.00. The molecular formula is C18H28N2S. The third-order valence-corrected chi connectivity index (χ3v) is 4.40. The van der Waals surface area contributed by atoms with E-state index in [4.69, 9.17) is 0 Å². The highest BCUT2D eigenvalue weighted by Gasteiger charge is 2.21. The van der Waals surface area contributed by atoms with Gasteiger partial charge >= 0.3 is 0 Å². The second kappa shape index (κ2) is 12.5. The standard InChI is InChI=1S/C18H28N2S/c1-7-13-19(14-8-2)17(11-5)21-18(12-6)20(15-9-3)16-10-4/h7-12,17-18H,1-6,13-16H2. The number of hydrogen-bond acceptors (Lipinski definition) is 3. The van der Waals surface area contributed by atoms with Crippen LogP contribution in [0.25, 0.3) is 0 Å². The van der Waals surface area contributed by atoms with Gasteiger partial charge in [0.15, 0.2) is 0 Å². The molecular weight excluding hydrogens is 276 g/mol. The van der Waals surface area contributed by atoms with Crippen LogP contribution in [0.2, 0.25) is 0 Å². The molecule has 0 fully saturated rings. The smallest absolute Gasteiger partial charge is 0.0765 e. The Hall–Kier alpha value is -1.29. The monoisotopic (exact) mass is 304 g/mol. The molecule has 0 saturated heterocycles. The zero-order chi connectivity index (χ0) is 16.1. The van der Waals surface area contributed by atoms with Crippen molar-refractivity contribution in [1.29, 1.82) is 0 Å². The van der Waals surface area contributed by atoms with Gasteiger partial charge in [-0.2, -0.15) is 0 Å². The molecule has 0 amide bonds. The summed E-state index contributed by atoms with van der Waals surface area (Å²) in [5, 5.41) is 0.335. The van der Waals surface area contributed by atoms with Crippen LogP contribution in [0.4, 0.5) is 0 Å². The first-order chi connectivity index (χ1) is 10.2. The maximum absolute atomic E-state index is 3.96. The lowest BCUT2D eigenvalue weighted by molar-refractivity contribution is 0.329. The van der Waals surface area contributed by atoms with Crippen LogP contribution in [0.1, 0.15) is 0 Å². The highest BCUT2D eigenvalue weighted by molar-refractivity contribution is 8.00. The molecule has 21 heavy (non-hydrogen) atoms. The van der Waals surface area contributed by atoms with E-state index in [-0.39, 0.29) is 10.7 Å². The SMILES string of the molecule is C=CCN(CC=C)C(C=C)SC(C=C)N(CC=C)CC=C. The summed E-state index contributed by atoms with van der Waals surface area (Å²) < 4.78 is 0. The Morgan fingerprint density at radius 3 is 1.10 bits per heavy atom. The van der Waals surface area contributed by atoms with Crippen molar-refractivity contribution in [2.45, 2.75) is 10.7 Å². The highest BCUT2D eigenvalue weighted by Crippen LogP contribution is 2.26. The van der Waals surface area contributed by atoms with Crippen molar-refractivity contribution < 1.29 is 0 Å². The van der Waals surface area contributed by atoms with Crippen molar-refractivity contribution in [3.63, 3.8) is 0 Å². The van der Waals surface area contributed by atoms with E-state index in [0.717, 1.165) is 26.2 Å². The maximum Gasteiger partial charge on any atom is 0.0765 e. The normalized spacial score (nSPS) is 13.4. The zero-order valence-corrected chi connectivity index (χ0v) is 13.8. The molecule has 0 spiro atoms. The van der Waals surface area contributed by atoms with E-state index in [1.54, 1.807) is 11.8 Å². The van der Waals surface area contributed by atoms with Gasteiger partial charge in [0.05, 0.1) is 10.7 Å². The summed E-state index contributed by atoms with van der Waals surface area (Å²) in [5.74, 6) is 0. The van der Waals surface area contributed by atoms with Crippen LogP contribution in [-0.2, 0) is 0 Å². The molecule has 0 saturated carbocycles. The van der Waals surface area contributed by atoms with Gasteiger partial charge in [-0.3, -0.25) is 9.80 Å². The van der Waals surface area contributed by atoms with E-state index >= 15 is 0 Å². The second-order valence-corrected chi connectivity index (χ2v) is 5.69. The van der Waals surface area contributed by atoms with Crippen molar-refractivity contribution in [2.24, 2.45) is 0 Å². The molecule has 0 radical (unpaired) electrons. The van der Waals surface area contributed by atoms with E-state index in [9.17, 15) is 0 Å². The van der Waals surface area contributed by atoms with Gasteiger partial charge in [-0.1, -0.05) is 36.5 Å². The molecule has 2 nitrogen and oxygen atoms in total. The average molecular weight is 305 g/mol. The summed E-state index contributed by atoms with van der Waals surface area (Å²) in [6, 6.07) is 0. The van der Waals surface area contributed by atoms with Gasteiger partial charge in [0.25, 0.3) is 0 Å². The summed E-state index contributed by atoms with van der Waals surface area (Å²) in [5.41, 5.74) is 0. The van der Waals surface area contributed by atoms with Gasteiger partial charge in [0, 0.05) is 26.2 Å². The molecule has 0 aromatic carbocycles. The number of hydrogen-bond donors (Lipinski definition) is 0. The summed E-state index contributed by atoms with van der Waals surface area (Å²) in [7, 11) is 0. The zero-order valence-electron chi connectivity index (χ0n) is 13.0. The second-order valence-electron chi connectivity index (χ2n) is 4.45. The topological polar surface area (TPSA) is 6.48 Å². The Kier molecular flexibility index (Phi) is 11.7. The number of rotatable bonds is 14. The van der Waals surface area contributed by atoms with Crippen molar-refractivity contribution in [3.8, 4) is 0 Å². The molecule has 116 valence electrons. The Labute approximate surface area is 134 Å². The van der Waals surface area contributed by atoms with Crippen LogP contribution in [-0.4, -0.2) is 46.7 Å². The summed E-state index contributed by atoms with van der Waals surface area (Å²) in [6.45, 7) is 26.4. The minimum absolute atomic E-state index is 0.168. The predicted molar refractivity (Wildman–Crippen MR) is 99.5 cm³/mol. The minimum Gasteiger partial charge on any atom is -0.281 e. The van der Waals surface area contributed by atoms with Crippen LogP contribution in [0.5, 0.6) is 0 Å². The fraction of sp³-hybridized carbons (Fsp3) is 0.333. The van der Waals surface area contributed by atoms with Crippen LogP contribution in [0, 0.1) is 0 Å². The number of nitrogens with zero attached hydrogens (tertiary/aromatic N) is 2. The van der Waals surface area contributed by atoms with Gasteiger partial charge in [-0.05, 0) is 0 Å². The van der Waals surface area contributed by atoms with E-state index < -0.39 is 0 Å². The molecule has 2 atom stereocenters. The van der Waals surface area contributed by atoms with Crippen molar-refractivity contribution >= 4 is 11.8 Å². The third-order valence-electron chi connectivity index (χ3n) is 2.86. The Bertz CT molecular complexity index is 308. The van der Waals surface area contributed by atoms with Crippen molar-refractivity contribution in [1.82, 2.24) is 9.80 Å². The van der Waals surface area contributed by atoms with Gasteiger partial charge in [-0.15, -0.1) is 51.2 Å². The van der Waals surface area contributed by atoms with E-state index in [1.165, 1.54) is 0 Å². The van der Waals surface area contributed by atoms with Crippen LogP contribution < -0.4 is 0 Å². The maximum atomic E-state index is 3.96. The van der Waals surface area contributed by atoms with Crippen LogP contribution in [0.3, 0.4) is 0 Å². The molecule has 0 aliphatic carbocycles. The van der Waals surface area contributed by atoms with Crippen LogP contribution in [0.15, 0.2) is 75.9 Å². The molecule has 0 aliphatic rings. The molecule has 0 heterocycles. The molecule has 0 aromatic heterocycles. The summed E-state index contributed by atoms with van der Waals surface area (Å²) in [4.78, 5) is 4.52. The van der Waals surface area contributed by atoms with Crippen molar-refractivity contribution in [3.05, 3.63) is 75.9 Å². The molecule has 0 aromatic rings. The Balaban J connectivity index is 4.99. The number of thioether (sulfide) groups is 1. The Morgan fingerprint density at radius 1 is 0.619 bits per heavy atom. The van der Waals surface area contributed by atoms with Gasteiger partial charge in [-0.25, -0.2) is 0 Å². The minimum atomic E-state index is 0.168. The summed E-state index contributed by atoms with van der Waals surface area (Å²) >= 11 is 1.79. The highest BCUT2D eigenvalue weighted by atomic mass is 32.2. The lowest BCUT2D eigenvalue weighted by Crippen LogP contribution is -2.38. The average Bonchev–Trinajstić information content (AvgIpc) is 2.48. The summed E-state index contributed by atoms with van der Waals surface area (Å²) in [6.07, 6.45) is 11.5. The molecule has 0 aliphatic heterocycles. The van der Waals surface area contributed by atoms with E-state index in [0.29, 0.717) is 0 Å².